The van der Waals surface area contributed by atoms with Crippen LogP contribution in [0.1, 0.15) is 47.1 Å². The summed E-state index contributed by atoms with van der Waals surface area (Å²) in [5, 5.41) is 0.767. The van der Waals surface area contributed by atoms with Crippen molar-refractivity contribution >= 4 is 29.1 Å². The van der Waals surface area contributed by atoms with Gasteiger partial charge in [0.15, 0.2) is 5.78 Å². The maximum Gasteiger partial charge on any atom is 0.179 e. The average molecular weight is 286 g/mol. The van der Waals surface area contributed by atoms with Crippen molar-refractivity contribution in [1.29, 1.82) is 0 Å². The zero-order valence-corrected chi connectivity index (χ0v) is 12.8. The summed E-state index contributed by atoms with van der Waals surface area (Å²) in [5.74, 6) is 0.109. The van der Waals surface area contributed by atoms with E-state index in [1.54, 1.807) is 0 Å². The van der Waals surface area contributed by atoms with Crippen LogP contribution in [0.5, 0.6) is 0 Å². The molecule has 1 heterocycles. The number of ketones is 1. The molecule has 1 fully saturated rings. The minimum atomic E-state index is 0.0374. The number of hydrogen-bond donors (Lipinski definition) is 0. The normalized spacial score (nSPS) is 23.6. The molecule has 0 radical (unpaired) electrons. The third-order valence-corrected chi connectivity index (χ3v) is 5.30. The summed E-state index contributed by atoms with van der Waals surface area (Å²) in [6.45, 7) is 4.13. The molecule has 1 aliphatic carbocycles. The molecule has 100 valence electrons. The molecule has 2 unspecified atom stereocenters. The lowest BCUT2D eigenvalue weighted by Gasteiger charge is -2.18. The molecule has 1 aliphatic rings. The molecular formula is C14H20ClNOS. The molecule has 2 atom stereocenters. The van der Waals surface area contributed by atoms with Gasteiger partial charge in [-0.2, -0.15) is 11.8 Å². The molecule has 1 saturated carbocycles. The lowest BCUT2D eigenvalue weighted by molar-refractivity contribution is 0.102. The zero-order valence-electron chi connectivity index (χ0n) is 11.2. The molecular weight excluding hydrogens is 266 g/mol. The van der Waals surface area contributed by atoms with Gasteiger partial charge in [-0.3, -0.25) is 4.79 Å². The SMILES string of the molecule is CSC1CCC(n2c(C)cc(C(=O)CCl)c2C)C1. The molecule has 18 heavy (non-hydrogen) atoms. The monoisotopic (exact) mass is 285 g/mol. The van der Waals surface area contributed by atoms with Crippen molar-refractivity contribution in [3.8, 4) is 0 Å². The molecule has 2 nitrogen and oxygen atoms in total. The number of aromatic nitrogens is 1. The molecule has 0 aliphatic heterocycles. The van der Waals surface area contributed by atoms with Gasteiger partial charge >= 0.3 is 0 Å². The summed E-state index contributed by atoms with van der Waals surface area (Å²) < 4.78 is 2.34. The number of thioether (sulfide) groups is 1. The number of carbonyl (C=O) groups is 1. The number of halogens is 1. The van der Waals surface area contributed by atoms with Gasteiger partial charge in [0.2, 0.25) is 0 Å². The third-order valence-electron chi connectivity index (χ3n) is 3.96. The molecule has 0 amide bonds. The highest BCUT2D eigenvalue weighted by Crippen LogP contribution is 2.38. The Hall–Kier alpha value is -0.410. The van der Waals surface area contributed by atoms with Crippen molar-refractivity contribution in [1.82, 2.24) is 4.57 Å². The van der Waals surface area contributed by atoms with Gasteiger partial charge < -0.3 is 4.57 Å². The fourth-order valence-electron chi connectivity index (χ4n) is 3.06. The summed E-state index contributed by atoms with van der Waals surface area (Å²) in [6, 6.07) is 2.55. The predicted molar refractivity (Wildman–Crippen MR) is 79.1 cm³/mol. The van der Waals surface area contributed by atoms with Crippen molar-refractivity contribution in [3.63, 3.8) is 0 Å². The van der Waals surface area contributed by atoms with Crippen molar-refractivity contribution in [2.24, 2.45) is 0 Å². The van der Waals surface area contributed by atoms with E-state index in [0.717, 1.165) is 16.5 Å². The van der Waals surface area contributed by atoms with Crippen LogP contribution in [-0.4, -0.2) is 27.7 Å². The Bertz CT molecular complexity index is 455. The Kier molecular flexibility index (Phi) is 4.44. The number of carbonyl (C=O) groups excluding carboxylic acids is 1. The standard InChI is InChI=1S/C14H20ClNOS/c1-9-6-13(14(17)8-15)10(2)16(9)11-4-5-12(7-11)18-3/h6,11-12H,4-5,7-8H2,1-3H3. The molecule has 0 N–H and O–H groups in total. The molecule has 1 aromatic rings. The smallest absolute Gasteiger partial charge is 0.179 e. The summed E-state index contributed by atoms with van der Waals surface area (Å²) in [7, 11) is 0. The van der Waals surface area contributed by atoms with Gasteiger partial charge in [-0.15, -0.1) is 11.6 Å². The quantitative estimate of drug-likeness (QED) is 0.616. The Morgan fingerprint density at radius 3 is 2.78 bits per heavy atom. The van der Waals surface area contributed by atoms with E-state index in [-0.39, 0.29) is 11.7 Å². The summed E-state index contributed by atoms with van der Waals surface area (Å²) in [5.41, 5.74) is 3.08. The first-order chi connectivity index (χ1) is 8.58. The van der Waals surface area contributed by atoms with E-state index in [4.69, 9.17) is 11.6 Å². The number of nitrogens with zero attached hydrogens (tertiary/aromatic N) is 1. The highest BCUT2D eigenvalue weighted by molar-refractivity contribution is 7.99. The van der Waals surface area contributed by atoms with Gasteiger partial charge in [-0.1, -0.05) is 0 Å². The Balaban J connectivity index is 2.29. The minimum Gasteiger partial charge on any atom is -0.345 e. The number of aryl methyl sites for hydroxylation is 1. The molecule has 0 spiro atoms. The van der Waals surface area contributed by atoms with Gasteiger partial charge in [0, 0.05) is 28.2 Å². The number of Topliss-reactive ketones (excluding diaryl/α,β-unsaturated/α-hetero) is 1. The largest absolute Gasteiger partial charge is 0.345 e. The van der Waals surface area contributed by atoms with Crippen molar-refractivity contribution in [3.05, 3.63) is 23.0 Å². The number of rotatable bonds is 4. The molecule has 0 aromatic carbocycles. The van der Waals surface area contributed by atoms with E-state index < -0.39 is 0 Å². The fraction of sp³-hybridized carbons (Fsp3) is 0.643. The van der Waals surface area contributed by atoms with Crippen LogP contribution < -0.4 is 0 Å². The molecule has 4 heteroatoms. The van der Waals surface area contributed by atoms with Crippen molar-refractivity contribution in [2.75, 3.05) is 12.1 Å². The van der Waals surface area contributed by atoms with Crippen LogP contribution in [0.15, 0.2) is 6.07 Å². The van der Waals surface area contributed by atoms with E-state index in [2.05, 4.69) is 17.7 Å². The molecule has 0 saturated heterocycles. The first kappa shape index (κ1) is 14.0. The molecule has 2 rings (SSSR count). The maximum atomic E-state index is 11.8. The van der Waals surface area contributed by atoms with E-state index in [1.165, 1.54) is 25.0 Å². The van der Waals surface area contributed by atoms with Gasteiger partial charge in [-0.25, -0.2) is 0 Å². The van der Waals surface area contributed by atoms with Crippen LogP contribution in [0, 0.1) is 13.8 Å². The Labute approximate surface area is 118 Å². The van der Waals surface area contributed by atoms with Gasteiger partial charge in [-0.05, 0) is 45.4 Å². The van der Waals surface area contributed by atoms with Crippen LogP contribution in [-0.2, 0) is 0 Å². The minimum absolute atomic E-state index is 0.0374. The topological polar surface area (TPSA) is 22.0 Å². The van der Waals surface area contributed by atoms with Crippen LogP contribution in [0.3, 0.4) is 0 Å². The highest BCUT2D eigenvalue weighted by Gasteiger charge is 2.28. The highest BCUT2D eigenvalue weighted by atomic mass is 35.5. The number of alkyl halides is 1. The summed E-state index contributed by atoms with van der Waals surface area (Å²) in [6.07, 6.45) is 5.90. The van der Waals surface area contributed by atoms with E-state index in [9.17, 15) is 4.79 Å². The zero-order chi connectivity index (χ0) is 13.3. The van der Waals surface area contributed by atoms with Crippen LogP contribution in [0.4, 0.5) is 0 Å². The lowest BCUT2D eigenvalue weighted by atomic mass is 10.2. The molecule has 1 aromatic heterocycles. The second-order valence-corrected chi connectivity index (χ2v) is 6.44. The fourth-order valence-corrected chi connectivity index (χ4v) is 3.99. The Morgan fingerprint density at radius 1 is 1.50 bits per heavy atom. The van der Waals surface area contributed by atoms with Gasteiger partial charge in [0.25, 0.3) is 0 Å². The number of hydrogen-bond acceptors (Lipinski definition) is 2. The van der Waals surface area contributed by atoms with Crippen molar-refractivity contribution in [2.45, 2.75) is 44.4 Å². The van der Waals surface area contributed by atoms with Crippen molar-refractivity contribution < 1.29 is 4.79 Å². The van der Waals surface area contributed by atoms with Gasteiger partial charge in [0.05, 0.1) is 5.88 Å². The first-order valence-electron chi connectivity index (χ1n) is 6.38. The second-order valence-electron chi connectivity index (χ2n) is 5.04. The first-order valence-corrected chi connectivity index (χ1v) is 8.21. The maximum absolute atomic E-state index is 11.8. The third kappa shape index (κ3) is 2.48. The van der Waals surface area contributed by atoms with E-state index in [0.29, 0.717) is 6.04 Å². The molecule has 0 bridgehead atoms. The average Bonchev–Trinajstić information content (AvgIpc) is 2.93. The summed E-state index contributed by atoms with van der Waals surface area (Å²) in [4.78, 5) is 11.8. The van der Waals surface area contributed by atoms with E-state index >= 15 is 0 Å². The van der Waals surface area contributed by atoms with Gasteiger partial charge in [0.1, 0.15) is 0 Å². The lowest BCUT2D eigenvalue weighted by Crippen LogP contribution is -2.11. The van der Waals surface area contributed by atoms with Crippen LogP contribution in [0.2, 0.25) is 0 Å². The van der Waals surface area contributed by atoms with Crippen LogP contribution >= 0.6 is 23.4 Å². The summed E-state index contributed by atoms with van der Waals surface area (Å²) >= 11 is 7.62. The predicted octanol–water partition coefficient (Wildman–Crippen LogP) is 3.98. The Morgan fingerprint density at radius 2 is 2.22 bits per heavy atom. The second kappa shape index (κ2) is 5.70. The van der Waals surface area contributed by atoms with E-state index in [1.807, 2.05) is 24.8 Å². The van der Waals surface area contributed by atoms with Crippen LogP contribution in [0.25, 0.3) is 0 Å².